The quantitative estimate of drug-likeness (QED) is 0.501. The van der Waals surface area contributed by atoms with Crippen molar-refractivity contribution in [3.8, 4) is 11.5 Å². The second-order valence-corrected chi connectivity index (χ2v) is 7.90. The topological polar surface area (TPSA) is 126 Å². The molecule has 3 N–H and O–H groups in total. The first-order valence-electron chi connectivity index (χ1n) is 11.1. The van der Waals surface area contributed by atoms with Crippen LogP contribution in [0.1, 0.15) is 38.3 Å². The molecule has 33 heavy (non-hydrogen) atoms. The predicted molar refractivity (Wildman–Crippen MR) is 119 cm³/mol. The van der Waals surface area contributed by atoms with Crippen LogP contribution in [0, 0.1) is 5.92 Å². The average molecular weight is 462 g/mol. The van der Waals surface area contributed by atoms with E-state index in [0.717, 1.165) is 19.4 Å². The largest absolute Gasteiger partial charge is 0.504 e. The van der Waals surface area contributed by atoms with E-state index >= 15 is 0 Å². The van der Waals surface area contributed by atoms with Crippen molar-refractivity contribution in [1.29, 1.82) is 0 Å². The Hall–Kier alpha value is -3.27. The van der Waals surface area contributed by atoms with Gasteiger partial charge in [0.2, 0.25) is 0 Å². The van der Waals surface area contributed by atoms with Gasteiger partial charge in [-0.25, -0.2) is 9.59 Å². The second kappa shape index (κ2) is 11.0. The summed E-state index contributed by atoms with van der Waals surface area (Å²) in [5.74, 6) is -0.860. The molecule has 2 heterocycles. The Balaban J connectivity index is 1.93. The fraction of sp³-hybridized carbons (Fsp3) is 0.522. The van der Waals surface area contributed by atoms with E-state index < -0.39 is 18.0 Å². The minimum absolute atomic E-state index is 0.0389. The molecule has 2 aliphatic heterocycles. The number of likely N-dealkylation sites (tertiary alicyclic amines) is 1. The zero-order chi connectivity index (χ0) is 24.0. The van der Waals surface area contributed by atoms with Gasteiger partial charge in [-0.3, -0.25) is 9.69 Å². The van der Waals surface area contributed by atoms with Gasteiger partial charge in [0.1, 0.15) is 0 Å². The zero-order valence-corrected chi connectivity index (χ0v) is 19.2. The number of hydrogen-bond acceptors (Lipinski definition) is 8. The van der Waals surface area contributed by atoms with E-state index in [1.165, 1.54) is 13.2 Å². The minimum Gasteiger partial charge on any atom is -0.504 e. The summed E-state index contributed by atoms with van der Waals surface area (Å²) >= 11 is 0. The first-order chi connectivity index (χ1) is 15.9. The number of nitrogens with one attached hydrogen (secondary N) is 2. The van der Waals surface area contributed by atoms with Crippen molar-refractivity contribution in [3.63, 3.8) is 0 Å². The van der Waals surface area contributed by atoms with Crippen LogP contribution in [0.15, 0.2) is 29.5 Å². The SMILES string of the molecule is CCOC(=O)[C@@H]1CCCN(CC2=C(C(=O)OC)[C@H](c3ccc(O)c(OCC)c3)NC(=O)N2)C1. The van der Waals surface area contributed by atoms with Gasteiger partial charge in [0, 0.05) is 18.8 Å². The van der Waals surface area contributed by atoms with E-state index in [1.54, 1.807) is 26.0 Å². The third kappa shape index (κ3) is 5.75. The molecule has 0 aromatic heterocycles. The number of amides is 2. The summed E-state index contributed by atoms with van der Waals surface area (Å²) in [7, 11) is 1.28. The smallest absolute Gasteiger partial charge is 0.338 e. The molecule has 2 atom stereocenters. The Morgan fingerprint density at radius 1 is 1.24 bits per heavy atom. The Morgan fingerprint density at radius 2 is 2.03 bits per heavy atom. The number of esters is 2. The number of urea groups is 1. The lowest BCUT2D eigenvalue weighted by molar-refractivity contribution is -0.150. The van der Waals surface area contributed by atoms with Crippen molar-refractivity contribution in [2.75, 3.05) is 40.0 Å². The number of carbonyl (C=O) groups is 3. The molecule has 1 aromatic carbocycles. The van der Waals surface area contributed by atoms with E-state index in [4.69, 9.17) is 14.2 Å². The van der Waals surface area contributed by atoms with Crippen LogP contribution < -0.4 is 15.4 Å². The van der Waals surface area contributed by atoms with Crippen LogP contribution in [0.25, 0.3) is 0 Å². The van der Waals surface area contributed by atoms with Gasteiger partial charge in [0.15, 0.2) is 11.5 Å². The summed E-state index contributed by atoms with van der Waals surface area (Å²) < 4.78 is 15.6. The molecule has 0 radical (unpaired) electrons. The van der Waals surface area contributed by atoms with Crippen LogP contribution in [0.3, 0.4) is 0 Å². The highest BCUT2D eigenvalue weighted by Crippen LogP contribution is 2.34. The maximum Gasteiger partial charge on any atom is 0.338 e. The van der Waals surface area contributed by atoms with Gasteiger partial charge in [-0.1, -0.05) is 6.07 Å². The number of nitrogens with zero attached hydrogens (tertiary/aromatic N) is 1. The lowest BCUT2D eigenvalue weighted by atomic mass is 9.93. The molecule has 1 saturated heterocycles. The number of methoxy groups -OCH3 is 1. The van der Waals surface area contributed by atoms with Crippen molar-refractivity contribution < 1.29 is 33.7 Å². The van der Waals surface area contributed by atoms with E-state index in [2.05, 4.69) is 10.6 Å². The Bertz CT molecular complexity index is 931. The molecule has 0 spiro atoms. The number of carbonyl (C=O) groups excluding carboxylic acids is 3. The minimum atomic E-state index is -0.799. The van der Waals surface area contributed by atoms with E-state index in [0.29, 0.717) is 31.0 Å². The molecule has 0 aliphatic carbocycles. The van der Waals surface area contributed by atoms with E-state index in [-0.39, 0.29) is 35.5 Å². The van der Waals surface area contributed by atoms with E-state index in [9.17, 15) is 19.5 Å². The standard InChI is InChI=1S/C23H31N3O7/c1-4-32-18-11-14(8-9-17(18)27)20-19(22(29)31-3)16(24-23(30)25-20)13-26-10-6-7-15(12-26)21(28)33-5-2/h8-9,11,15,20,27H,4-7,10,12-13H2,1-3H3,(H2,24,25,30)/t15-,20+/m1/s1. The lowest BCUT2D eigenvalue weighted by Crippen LogP contribution is -2.49. The van der Waals surface area contributed by atoms with Crippen LogP contribution in [0.2, 0.25) is 0 Å². The van der Waals surface area contributed by atoms with Crippen molar-refractivity contribution in [3.05, 3.63) is 35.0 Å². The van der Waals surface area contributed by atoms with Gasteiger partial charge in [0.25, 0.3) is 0 Å². The average Bonchev–Trinajstić information content (AvgIpc) is 2.80. The van der Waals surface area contributed by atoms with Crippen molar-refractivity contribution in [2.24, 2.45) is 5.92 Å². The Labute approximate surface area is 192 Å². The number of benzene rings is 1. The Kier molecular flexibility index (Phi) is 8.16. The number of aromatic hydroxyl groups is 1. The number of phenols is 1. The lowest BCUT2D eigenvalue weighted by Gasteiger charge is -2.35. The molecule has 1 aromatic rings. The van der Waals surface area contributed by atoms with Crippen molar-refractivity contribution in [2.45, 2.75) is 32.7 Å². The van der Waals surface area contributed by atoms with Crippen molar-refractivity contribution >= 4 is 18.0 Å². The first kappa shape index (κ1) is 24.4. The van der Waals surface area contributed by atoms with Crippen LogP contribution in [0.4, 0.5) is 4.79 Å². The molecule has 3 rings (SSSR count). The highest BCUT2D eigenvalue weighted by molar-refractivity contribution is 5.95. The molecule has 0 unspecified atom stereocenters. The molecule has 0 saturated carbocycles. The fourth-order valence-electron chi connectivity index (χ4n) is 4.20. The number of phenolic OH excluding ortho intramolecular Hbond substituents is 1. The summed E-state index contributed by atoms with van der Waals surface area (Å²) in [6, 6.07) is 3.40. The van der Waals surface area contributed by atoms with Crippen LogP contribution in [-0.4, -0.2) is 67.9 Å². The number of hydrogen-bond donors (Lipinski definition) is 3. The molecular formula is C23H31N3O7. The van der Waals surface area contributed by atoms with Gasteiger partial charge in [-0.05, 0) is 50.9 Å². The highest BCUT2D eigenvalue weighted by Gasteiger charge is 2.36. The fourth-order valence-corrected chi connectivity index (χ4v) is 4.20. The van der Waals surface area contributed by atoms with Gasteiger partial charge < -0.3 is 30.0 Å². The monoisotopic (exact) mass is 461 g/mol. The predicted octanol–water partition coefficient (Wildman–Crippen LogP) is 1.85. The number of ether oxygens (including phenoxy) is 3. The summed E-state index contributed by atoms with van der Waals surface area (Å²) in [6.07, 6.45) is 1.54. The Morgan fingerprint density at radius 3 is 2.73 bits per heavy atom. The van der Waals surface area contributed by atoms with Crippen molar-refractivity contribution in [1.82, 2.24) is 15.5 Å². The van der Waals surface area contributed by atoms with Gasteiger partial charge in [-0.15, -0.1) is 0 Å². The molecule has 10 heteroatoms. The summed E-state index contributed by atoms with van der Waals surface area (Å²) in [6.45, 7) is 5.69. The number of piperidine rings is 1. The van der Waals surface area contributed by atoms with Crippen LogP contribution in [0.5, 0.6) is 11.5 Å². The van der Waals surface area contributed by atoms with Gasteiger partial charge in [-0.2, -0.15) is 0 Å². The molecule has 180 valence electrons. The maximum absolute atomic E-state index is 12.8. The van der Waals surface area contributed by atoms with Crippen LogP contribution >= 0.6 is 0 Å². The molecule has 0 bridgehead atoms. The molecule has 1 fully saturated rings. The van der Waals surface area contributed by atoms with Crippen LogP contribution in [-0.2, 0) is 19.1 Å². The third-order valence-corrected chi connectivity index (χ3v) is 5.68. The maximum atomic E-state index is 12.8. The second-order valence-electron chi connectivity index (χ2n) is 7.90. The number of rotatable bonds is 8. The first-order valence-corrected chi connectivity index (χ1v) is 11.1. The zero-order valence-electron chi connectivity index (χ0n) is 19.2. The molecule has 10 nitrogen and oxygen atoms in total. The molecule has 2 amide bonds. The van der Waals surface area contributed by atoms with E-state index in [1.807, 2.05) is 4.90 Å². The molecule has 2 aliphatic rings. The van der Waals surface area contributed by atoms with Gasteiger partial charge in [0.05, 0.1) is 37.9 Å². The summed E-state index contributed by atoms with van der Waals surface area (Å²) in [5.41, 5.74) is 1.22. The highest BCUT2D eigenvalue weighted by atomic mass is 16.5. The van der Waals surface area contributed by atoms with Gasteiger partial charge >= 0.3 is 18.0 Å². The third-order valence-electron chi connectivity index (χ3n) is 5.68. The summed E-state index contributed by atoms with van der Waals surface area (Å²) in [4.78, 5) is 39.5. The normalized spacial score (nSPS) is 21.1. The summed E-state index contributed by atoms with van der Waals surface area (Å²) in [5, 5.41) is 15.5. The molecular weight excluding hydrogens is 430 g/mol.